The van der Waals surface area contributed by atoms with E-state index in [1.54, 1.807) is 5.57 Å². The first-order chi connectivity index (χ1) is 6.72. The van der Waals surface area contributed by atoms with Crippen LogP contribution in [0.4, 0.5) is 0 Å². The predicted octanol–water partition coefficient (Wildman–Crippen LogP) is 3.66. The van der Waals surface area contributed by atoms with E-state index >= 15 is 0 Å². The largest absolute Gasteiger partial charge is 0.103 e. The van der Waals surface area contributed by atoms with Crippen molar-refractivity contribution in [3.63, 3.8) is 0 Å². The molecule has 0 saturated heterocycles. The predicted molar refractivity (Wildman–Crippen MR) is 59.8 cm³/mol. The Labute approximate surface area is 87.1 Å². The molecule has 0 aromatic heterocycles. The van der Waals surface area contributed by atoms with Crippen LogP contribution in [0.1, 0.15) is 26.7 Å². The van der Waals surface area contributed by atoms with Gasteiger partial charge in [0, 0.05) is 0 Å². The molecule has 0 spiro atoms. The first-order valence-corrected chi connectivity index (χ1v) is 6.06. The van der Waals surface area contributed by atoms with E-state index in [0.29, 0.717) is 0 Å². The van der Waals surface area contributed by atoms with Crippen molar-refractivity contribution in [3.8, 4) is 0 Å². The highest BCUT2D eigenvalue weighted by Gasteiger charge is 2.50. The van der Waals surface area contributed by atoms with Crippen LogP contribution >= 0.6 is 0 Å². The Bertz CT molecular complexity index is 299. The van der Waals surface area contributed by atoms with E-state index in [9.17, 15) is 0 Å². The maximum absolute atomic E-state index is 4.02. The molecule has 6 unspecified atom stereocenters. The van der Waals surface area contributed by atoms with Crippen LogP contribution in [0.5, 0.6) is 0 Å². The molecule has 14 heavy (non-hydrogen) atoms. The van der Waals surface area contributed by atoms with Crippen LogP contribution in [-0.4, -0.2) is 0 Å². The molecule has 0 amide bonds. The maximum Gasteiger partial charge on any atom is -0.0139 e. The van der Waals surface area contributed by atoms with Crippen molar-refractivity contribution in [1.82, 2.24) is 0 Å². The first-order valence-electron chi connectivity index (χ1n) is 6.06. The minimum atomic E-state index is 0.784. The van der Waals surface area contributed by atoms with Gasteiger partial charge in [0.15, 0.2) is 0 Å². The fraction of sp³-hybridized carbons (Fsp3) is 0.714. The zero-order valence-electron chi connectivity index (χ0n) is 9.24. The van der Waals surface area contributed by atoms with Gasteiger partial charge >= 0.3 is 0 Å². The second kappa shape index (κ2) is 2.74. The molecule has 6 atom stereocenters. The van der Waals surface area contributed by atoms with Gasteiger partial charge in [-0.05, 0) is 48.3 Å². The summed E-state index contributed by atoms with van der Waals surface area (Å²) in [5.74, 6) is 5.36. The number of rotatable bonds is 2. The Morgan fingerprint density at radius 1 is 1.36 bits per heavy atom. The summed E-state index contributed by atoms with van der Waals surface area (Å²) in [5.41, 5.74) is 1.78. The third-order valence-corrected chi connectivity index (χ3v) is 4.70. The van der Waals surface area contributed by atoms with Crippen molar-refractivity contribution in [2.75, 3.05) is 0 Å². The molecule has 0 aromatic rings. The van der Waals surface area contributed by atoms with Gasteiger partial charge in [-0.25, -0.2) is 0 Å². The van der Waals surface area contributed by atoms with Crippen LogP contribution in [0.3, 0.4) is 0 Å². The summed E-state index contributed by atoms with van der Waals surface area (Å²) in [6.07, 6.45) is 7.71. The zero-order valence-corrected chi connectivity index (χ0v) is 9.24. The van der Waals surface area contributed by atoms with Crippen LogP contribution in [0, 0.1) is 35.5 Å². The van der Waals surface area contributed by atoms with Gasteiger partial charge < -0.3 is 0 Å². The minimum absolute atomic E-state index is 0.784. The third-order valence-electron chi connectivity index (χ3n) is 4.70. The lowest BCUT2D eigenvalue weighted by atomic mass is 9.77. The molecular weight excluding hydrogens is 168 g/mol. The zero-order chi connectivity index (χ0) is 9.87. The average molecular weight is 188 g/mol. The van der Waals surface area contributed by atoms with E-state index in [1.807, 2.05) is 0 Å². The lowest BCUT2D eigenvalue weighted by Gasteiger charge is -2.28. The average Bonchev–Trinajstić information content (AvgIpc) is 3.01. The normalized spacial score (nSPS) is 54.6. The van der Waals surface area contributed by atoms with E-state index in [-0.39, 0.29) is 0 Å². The first kappa shape index (κ1) is 8.76. The number of hydrogen-bond acceptors (Lipinski definition) is 0. The highest BCUT2D eigenvalue weighted by Crippen LogP contribution is 2.59. The summed E-state index contributed by atoms with van der Waals surface area (Å²) in [7, 11) is 0. The monoisotopic (exact) mass is 188 g/mol. The van der Waals surface area contributed by atoms with E-state index in [2.05, 4.69) is 32.6 Å². The van der Waals surface area contributed by atoms with Crippen LogP contribution in [0.2, 0.25) is 0 Å². The fourth-order valence-electron chi connectivity index (χ4n) is 3.49. The van der Waals surface area contributed by atoms with Crippen LogP contribution in [0.25, 0.3) is 0 Å². The van der Waals surface area contributed by atoms with E-state index in [4.69, 9.17) is 0 Å². The molecule has 0 aliphatic heterocycles. The molecule has 3 aliphatic rings. The van der Waals surface area contributed by atoms with Gasteiger partial charge in [0.1, 0.15) is 0 Å². The van der Waals surface area contributed by atoms with Gasteiger partial charge in [-0.15, -0.1) is 6.58 Å². The van der Waals surface area contributed by atoms with Gasteiger partial charge in [-0.1, -0.05) is 31.6 Å². The van der Waals surface area contributed by atoms with Gasteiger partial charge in [0.25, 0.3) is 0 Å². The Balaban J connectivity index is 1.86. The molecule has 3 aliphatic carbocycles. The Kier molecular flexibility index (Phi) is 1.72. The van der Waals surface area contributed by atoms with Crippen LogP contribution < -0.4 is 0 Å². The molecule has 0 radical (unpaired) electrons. The second-order valence-corrected chi connectivity index (χ2v) is 5.65. The molecule has 0 heteroatoms. The molecule has 0 nitrogen and oxygen atoms in total. The summed E-state index contributed by atoms with van der Waals surface area (Å²) in [5, 5.41) is 0. The molecule has 3 rings (SSSR count). The van der Waals surface area contributed by atoms with E-state index < -0.39 is 0 Å². The molecule has 76 valence electrons. The Morgan fingerprint density at radius 3 is 2.64 bits per heavy atom. The van der Waals surface area contributed by atoms with Crippen molar-refractivity contribution in [2.45, 2.75) is 26.7 Å². The standard InChI is InChI=1S/C14H20/c1-4-11-9(3)13(12-5-8(12)2)6-10-7-14(10)11/h4,6,8-12,14H,1,5,7H2,2-3H3. The summed E-state index contributed by atoms with van der Waals surface area (Å²) in [4.78, 5) is 0. The lowest BCUT2D eigenvalue weighted by Crippen LogP contribution is -2.19. The second-order valence-electron chi connectivity index (χ2n) is 5.65. The number of allylic oxidation sites excluding steroid dienone is 3. The topological polar surface area (TPSA) is 0 Å². The molecule has 0 aromatic carbocycles. The number of fused-ring (bicyclic) bond motifs is 1. The van der Waals surface area contributed by atoms with Gasteiger partial charge in [0.05, 0.1) is 0 Å². The summed E-state index contributed by atoms with van der Waals surface area (Å²) >= 11 is 0. The lowest BCUT2D eigenvalue weighted by molar-refractivity contribution is 0.390. The molecule has 2 saturated carbocycles. The van der Waals surface area contributed by atoms with E-state index in [0.717, 1.165) is 35.5 Å². The van der Waals surface area contributed by atoms with Gasteiger partial charge in [-0.2, -0.15) is 0 Å². The fourth-order valence-corrected chi connectivity index (χ4v) is 3.49. The van der Waals surface area contributed by atoms with Crippen molar-refractivity contribution < 1.29 is 0 Å². The highest BCUT2D eigenvalue weighted by molar-refractivity contribution is 5.28. The van der Waals surface area contributed by atoms with Crippen molar-refractivity contribution >= 4 is 0 Å². The quantitative estimate of drug-likeness (QED) is 0.580. The SMILES string of the molecule is C=CC1C(C)C(C2CC2C)=CC2CC21. The molecular formula is C14H20. The third kappa shape index (κ3) is 1.12. The molecule has 0 N–H and O–H groups in total. The maximum atomic E-state index is 4.02. The van der Waals surface area contributed by atoms with Crippen LogP contribution in [0.15, 0.2) is 24.3 Å². The van der Waals surface area contributed by atoms with Gasteiger partial charge in [0.2, 0.25) is 0 Å². The van der Waals surface area contributed by atoms with Crippen molar-refractivity contribution in [3.05, 3.63) is 24.3 Å². The van der Waals surface area contributed by atoms with Crippen LogP contribution in [-0.2, 0) is 0 Å². The summed E-state index contributed by atoms with van der Waals surface area (Å²) in [6, 6.07) is 0. The van der Waals surface area contributed by atoms with Crippen molar-refractivity contribution in [2.24, 2.45) is 35.5 Å². The summed E-state index contributed by atoms with van der Waals surface area (Å²) in [6.45, 7) is 8.82. The minimum Gasteiger partial charge on any atom is -0.103 e. The molecule has 2 fully saturated rings. The van der Waals surface area contributed by atoms with Crippen molar-refractivity contribution in [1.29, 1.82) is 0 Å². The van der Waals surface area contributed by atoms with E-state index in [1.165, 1.54) is 12.8 Å². The Morgan fingerprint density at radius 2 is 2.07 bits per heavy atom. The number of hydrogen-bond donors (Lipinski definition) is 0. The summed E-state index contributed by atoms with van der Waals surface area (Å²) < 4.78 is 0. The Hall–Kier alpha value is -0.520. The molecule has 0 bridgehead atoms. The van der Waals surface area contributed by atoms with Gasteiger partial charge in [-0.3, -0.25) is 0 Å². The molecule has 0 heterocycles. The highest BCUT2D eigenvalue weighted by atomic mass is 14.5. The smallest absolute Gasteiger partial charge is 0.0139 e.